The number of rotatable bonds is 5. The minimum atomic E-state index is -3.81. The molecule has 0 bridgehead atoms. The highest BCUT2D eigenvalue weighted by atomic mass is 32.2. The Morgan fingerprint density at radius 1 is 1.40 bits per heavy atom. The van der Waals surface area contributed by atoms with Gasteiger partial charge < -0.3 is 4.74 Å². The first-order valence-electron chi connectivity index (χ1n) is 6.17. The molecule has 6 nitrogen and oxygen atoms in total. The highest BCUT2D eigenvalue weighted by Crippen LogP contribution is 2.24. The van der Waals surface area contributed by atoms with Crippen LogP contribution in [-0.2, 0) is 23.2 Å². The molecule has 0 saturated carbocycles. The fraction of sp³-hybridized carbons (Fsp3) is 0.308. The van der Waals surface area contributed by atoms with Gasteiger partial charge in [0, 0.05) is 18.3 Å². The first-order chi connectivity index (χ1) is 9.40. The van der Waals surface area contributed by atoms with Crippen LogP contribution >= 0.6 is 0 Å². The zero-order chi connectivity index (χ0) is 14.8. The number of sulfonamides is 1. The number of aromatic nitrogens is 2. The van der Waals surface area contributed by atoms with Crippen LogP contribution in [-0.4, -0.2) is 18.2 Å². The topological polar surface area (TPSA) is 87.2 Å². The van der Waals surface area contributed by atoms with E-state index in [0.717, 1.165) is 17.7 Å². The van der Waals surface area contributed by atoms with E-state index in [0.29, 0.717) is 0 Å². The molecule has 0 unspecified atom stereocenters. The Balaban J connectivity index is 2.21. The van der Waals surface area contributed by atoms with Crippen molar-refractivity contribution >= 4 is 10.0 Å². The third-order valence-electron chi connectivity index (χ3n) is 2.81. The van der Waals surface area contributed by atoms with Crippen molar-refractivity contribution in [2.45, 2.75) is 31.9 Å². The van der Waals surface area contributed by atoms with Crippen molar-refractivity contribution in [1.29, 1.82) is 0 Å². The smallest absolute Gasteiger partial charge is 0.241 e. The summed E-state index contributed by atoms with van der Waals surface area (Å²) in [5.74, 6) is 0.252. The van der Waals surface area contributed by atoms with Crippen LogP contribution < -0.4 is 9.88 Å². The summed E-state index contributed by atoms with van der Waals surface area (Å²) in [5.41, 5.74) is 1.67. The number of hydrogen-bond acceptors (Lipinski definition) is 4. The molecule has 20 heavy (non-hydrogen) atoms. The highest BCUT2D eigenvalue weighted by molar-refractivity contribution is 7.89. The molecular weight excluding hydrogens is 278 g/mol. The number of nitrogens with two attached hydrogens (primary N) is 1. The molecule has 0 atom stereocenters. The lowest BCUT2D eigenvalue weighted by Gasteiger charge is -2.10. The number of hydrogen-bond donors (Lipinski definition) is 1. The van der Waals surface area contributed by atoms with Crippen LogP contribution in [0.2, 0.25) is 0 Å². The largest absolute Gasteiger partial charge is 0.487 e. The Kier molecular flexibility index (Phi) is 4.10. The quantitative estimate of drug-likeness (QED) is 0.904. The van der Waals surface area contributed by atoms with Crippen molar-refractivity contribution in [1.82, 2.24) is 9.78 Å². The number of benzene rings is 1. The fourth-order valence-corrected chi connectivity index (χ4v) is 2.53. The van der Waals surface area contributed by atoms with Crippen LogP contribution in [0.25, 0.3) is 0 Å². The summed E-state index contributed by atoms with van der Waals surface area (Å²) in [6.07, 6.45) is 3.54. The molecule has 2 N–H and O–H groups in total. The van der Waals surface area contributed by atoms with Crippen molar-refractivity contribution < 1.29 is 13.2 Å². The van der Waals surface area contributed by atoms with E-state index < -0.39 is 10.0 Å². The van der Waals surface area contributed by atoms with Crippen LogP contribution in [0.4, 0.5) is 0 Å². The second kappa shape index (κ2) is 5.64. The monoisotopic (exact) mass is 295 g/mol. The third-order valence-corrected chi connectivity index (χ3v) is 3.74. The lowest BCUT2D eigenvalue weighted by atomic mass is 10.2. The molecule has 0 aliphatic carbocycles. The second-order valence-electron chi connectivity index (χ2n) is 4.49. The van der Waals surface area contributed by atoms with Gasteiger partial charge in [0.15, 0.2) is 0 Å². The van der Waals surface area contributed by atoms with E-state index in [2.05, 4.69) is 5.10 Å². The molecule has 0 radical (unpaired) electrons. The van der Waals surface area contributed by atoms with E-state index in [1.54, 1.807) is 29.9 Å². The summed E-state index contributed by atoms with van der Waals surface area (Å²) in [6, 6.07) is 4.89. The molecular formula is C13H17N3O3S. The van der Waals surface area contributed by atoms with Crippen molar-refractivity contribution in [2.24, 2.45) is 5.14 Å². The van der Waals surface area contributed by atoms with Gasteiger partial charge in [-0.1, -0.05) is 6.07 Å². The summed E-state index contributed by atoms with van der Waals surface area (Å²) in [7, 11) is -3.81. The van der Waals surface area contributed by atoms with Crippen molar-refractivity contribution in [2.75, 3.05) is 0 Å². The normalized spacial score (nSPS) is 11.6. The standard InChI is InChI=1S/C13H17N3O3S/c1-3-16-8-11(7-15-16)9-19-12-5-4-10(2)6-13(12)20(14,17)18/h4-8H,3,9H2,1-2H3,(H2,14,17,18). The molecule has 0 aliphatic rings. The molecule has 0 saturated heterocycles. The SMILES string of the molecule is CCn1cc(COc2ccc(C)cc2S(N)(=O)=O)cn1. The summed E-state index contributed by atoms with van der Waals surface area (Å²) < 4.78 is 30.4. The molecule has 108 valence electrons. The first-order valence-corrected chi connectivity index (χ1v) is 7.72. The van der Waals surface area contributed by atoms with E-state index >= 15 is 0 Å². The van der Waals surface area contributed by atoms with E-state index in [1.165, 1.54) is 6.07 Å². The van der Waals surface area contributed by atoms with Crippen molar-refractivity contribution in [3.63, 3.8) is 0 Å². The zero-order valence-electron chi connectivity index (χ0n) is 11.4. The molecule has 7 heteroatoms. The lowest BCUT2D eigenvalue weighted by Crippen LogP contribution is -2.14. The predicted molar refractivity (Wildman–Crippen MR) is 74.8 cm³/mol. The summed E-state index contributed by atoms with van der Waals surface area (Å²) in [4.78, 5) is 0.000355. The molecule has 1 aromatic heterocycles. The highest BCUT2D eigenvalue weighted by Gasteiger charge is 2.15. The molecule has 0 amide bonds. The van der Waals surface area contributed by atoms with Gasteiger partial charge in [-0.25, -0.2) is 13.6 Å². The predicted octanol–water partition coefficient (Wildman–Crippen LogP) is 1.44. The molecule has 1 aromatic carbocycles. The molecule has 0 aliphatic heterocycles. The van der Waals surface area contributed by atoms with Gasteiger partial charge in [-0.2, -0.15) is 5.10 Å². The van der Waals surface area contributed by atoms with Crippen molar-refractivity contribution in [3.8, 4) is 5.75 Å². The lowest BCUT2D eigenvalue weighted by molar-refractivity contribution is 0.297. The third kappa shape index (κ3) is 3.37. The zero-order valence-corrected chi connectivity index (χ0v) is 12.2. The van der Waals surface area contributed by atoms with E-state index in [4.69, 9.17) is 9.88 Å². The van der Waals surface area contributed by atoms with Gasteiger partial charge in [0.1, 0.15) is 17.3 Å². The molecule has 2 rings (SSSR count). The Labute approximate surface area is 118 Å². The summed E-state index contributed by atoms with van der Waals surface area (Å²) in [6.45, 7) is 4.79. The van der Waals surface area contributed by atoms with Crippen LogP contribution in [0.3, 0.4) is 0 Å². The number of primary sulfonamides is 1. The van der Waals surface area contributed by atoms with Gasteiger partial charge in [-0.3, -0.25) is 4.68 Å². The first kappa shape index (κ1) is 14.5. The maximum absolute atomic E-state index is 11.5. The number of nitrogens with zero attached hydrogens (tertiary/aromatic N) is 2. The van der Waals surface area contributed by atoms with Crippen LogP contribution in [0.5, 0.6) is 5.75 Å². The Hall–Kier alpha value is -1.86. The van der Waals surface area contributed by atoms with E-state index in [9.17, 15) is 8.42 Å². The summed E-state index contributed by atoms with van der Waals surface area (Å²) >= 11 is 0. The molecule has 0 spiro atoms. The van der Waals surface area contributed by atoms with E-state index in [1.807, 2.05) is 13.1 Å². The van der Waals surface area contributed by atoms with Gasteiger partial charge in [0.05, 0.1) is 6.20 Å². The maximum atomic E-state index is 11.5. The minimum absolute atomic E-state index is 0.000355. The Morgan fingerprint density at radius 2 is 2.15 bits per heavy atom. The van der Waals surface area contributed by atoms with Gasteiger partial charge in [-0.05, 0) is 31.5 Å². The van der Waals surface area contributed by atoms with Gasteiger partial charge in [0.25, 0.3) is 0 Å². The van der Waals surface area contributed by atoms with Gasteiger partial charge in [-0.15, -0.1) is 0 Å². The molecule has 2 aromatic rings. The Bertz CT molecular complexity index is 707. The maximum Gasteiger partial charge on any atom is 0.241 e. The average molecular weight is 295 g/mol. The average Bonchev–Trinajstić information content (AvgIpc) is 2.84. The number of ether oxygens (including phenoxy) is 1. The van der Waals surface area contributed by atoms with Crippen molar-refractivity contribution in [3.05, 3.63) is 41.7 Å². The molecule has 1 heterocycles. The van der Waals surface area contributed by atoms with E-state index in [-0.39, 0.29) is 17.3 Å². The second-order valence-corrected chi connectivity index (χ2v) is 6.02. The van der Waals surface area contributed by atoms with Gasteiger partial charge >= 0.3 is 0 Å². The van der Waals surface area contributed by atoms with Crippen LogP contribution in [0.1, 0.15) is 18.1 Å². The fourth-order valence-electron chi connectivity index (χ4n) is 1.77. The molecule has 0 fully saturated rings. The summed E-state index contributed by atoms with van der Waals surface area (Å²) in [5, 5.41) is 9.32. The van der Waals surface area contributed by atoms with Gasteiger partial charge in [0.2, 0.25) is 10.0 Å². The Morgan fingerprint density at radius 3 is 2.75 bits per heavy atom. The van der Waals surface area contributed by atoms with Crippen LogP contribution in [0.15, 0.2) is 35.5 Å². The number of aryl methyl sites for hydroxylation is 2. The minimum Gasteiger partial charge on any atom is -0.487 e. The van der Waals surface area contributed by atoms with Crippen LogP contribution in [0, 0.1) is 6.92 Å².